The van der Waals surface area contributed by atoms with E-state index in [1.165, 1.54) is 0 Å². The number of hydrogen-bond donors (Lipinski definition) is 0. The van der Waals surface area contributed by atoms with E-state index in [0.717, 1.165) is 47.5 Å². The van der Waals surface area contributed by atoms with Gasteiger partial charge in [-0.15, -0.1) is 10.2 Å². The first-order valence-corrected chi connectivity index (χ1v) is 10.4. The molecule has 5 rings (SSSR count). The van der Waals surface area contributed by atoms with Crippen molar-refractivity contribution in [3.63, 3.8) is 0 Å². The normalized spacial score (nSPS) is 17.2. The van der Waals surface area contributed by atoms with Crippen molar-refractivity contribution in [3.8, 4) is 0 Å². The van der Waals surface area contributed by atoms with Crippen molar-refractivity contribution in [1.82, 2.24) is 24.5 Å². The molecule has 1 amide bonds. The number of rotatable bonds is 3. The van der Waals surface area contributed by atoms with E-state index in [-0.39, 0.29) is 11.8 Å². The lowest BCUT2D eigenvalue weighted by atomic mass is 9.97. The quantitative estimate of drug-likeness (QED) is 0.465. The summed E-state index contributed by atoms with van der Waals surface area (Å²) in [6, 6.07) is 15.4. The molecule has 1 aliphatic heterocycles. The zero-order chi connectivity index (χ0) is 20.5. The number of carbonyl (C=O) groups is 1. The van der Waals surface area contributed by atoms with Crippen LogP contribution < -0.4 is 0 Å². The summed E-state index contributed by atoms with van der Waals surface area (Å²) in [5.74, 6) is 1.08. The molecule has 0 bridgehead atoms. The summed E-state index contributed by atoms with van der Waals surface area (Å²) < 4.78 is 2.01. The first-order valence-electron chi connectivity index (χ1n) is 10.0. The van der Waals surface area contributed by atoms with Crippen molar-refractivity contribution in [2.75, 3.05) is 13.1 Å². The van der Waals surface area contributed by atoms with Crippen LogP contribution in [0.4, 0.5) is 0 Å². The number of benzene rings is 1. The maximum absolute atomic E-state index is 12.8. The molecule has 7 heteroatoms. The van der Waals surface area contributed by atoms with Gasteiger partial charge in [0.2, 0.25) is 5.91 Å². The predicted molar refractivity (Wildman–Crippen MR) is 117 cm³/mol. The molecule has 4 aromatic rings. The second-order valence-electron chi connectivity index (χ2n) is 7.52. The molecule has 1 unspecified atom stereocenters. The van der Waals surface area contributed by atoms with Gasteiger partial charge in [-0.1, -0.05) is 29.8 Å². The van der Waals surface area contributed by atoms with Crippen LogP contribution in [0.3, 0.4) is 0 Å². The molecule has 0 radical (unpaired) electrons. The fourth-order valence-corrected chi connectivity index (χ4v) is 4.15. The van der Waals surface area contributed by atoms with Gasteiger partial charge in [0.05, 0.1) is 11.2 Å². The van der Waals surface area contributed by atoms with Crippen molar-refractivity contribution < 1.29 is 4.79 Å². The number of halogens is 1. The van der Waals surface area contributed by atoms with Crippen LogP contribution in [-0.2, 0) is 4.79 Å². The van der Waals surface area contributed by atoms with Crippen LogP contribution in [-0.4, -0.2) is 43.5 Å². The van der Waals surface area contributed by atoms with E-state index in [1.807, 2.05) is 64.0 Å². The Labute approximate surface area is 178 Å². The maximum Gasteiger partial charge on any atom is 0.246 e. The fourth-order valence-electron chi connectivity index (χ4n) is 3.99. The maximum atomic E-state index is 12.8. The molecule has 0 N–H and O–H groups in total. The van der Waals surface area contributed by atoms with E-state index in [2.05, 4.69) is 15.2 Å². The lowest BCUT2D eigenvalue weighted by molar-refractivity contribution is -0.127. The number of pyridine rings is 2. The van der Waals surface area contributed by atoms with Gasteiger partial charge in [-0.2, -0.15) is 0 Å². The minimum Gasteiger partial charge on any atom is -0.338 e. The topological polar surface area (TPSA) is 63.4 Å². The van der Waals surface area contributed by atoms with Gasteiger partial charge < -0.3 is 4.90 Å². The van der Waals surface area contributed by atoms with Crippen molar-refractivity contribution in [1.29, 1.82) is 0 Å². The van der Waals surface area contributed by atoms with E-state index >= 15 is 0 Å². The molecule has 1 fully saturated rings. The number of hydrogen-bond acceptors (Lipinski definition) is 4. The average molecular weight is 418 g/mol. The largest absolute Gasteiger partial charge is 0.338 e. The third-order valence-corrected chi connectivity index (χ3v) is 5.75. The van der Waals surface area contributed by atoms with E-state index in [9.17, 15) is 4.79 Å². The molecule has 6 nitrogen and oxygen atoms in total. The highest BCUT2D eigenvalue weighted by Crippen LogP contribution is 2.26. The molecular weight excluding hydrogens is 398 g/mol. The van der Waals surface area contributed by atoms with Crippen LogP contribution in [0.25, 0.3) is 22.6 Å². The lowest BCUT2D eigenvalue weighted by Crippen LogP contribution is -2.38. The second-order valence-corrected chi connectivity index (χ2v) is 7.95. The van der Waals surface area contributed by atoms with Crippen LogP contribution in [0, 0.1) is 0 Å². The Kier molecular flexibility index (Phi) is 4.93. The molecule has 4 heterocycles. The molecule has 0 saturated carbocycles. The highest BCUT2D eigenvalue weighted by atomic mass is 35.5. The zero-order valence-corrected chi connectivity index (χ0v) is 17.0. The van der Waals surface area contributed by atoms with Crippen LogP contribution in [0.2, 0.25) is 5.02 Å². The third-order valence-electron chi connectivity index (χ3n) is 5.51. The Morgan fingerprint density at radius 1 is 1.13 bits per heavy atom. The van der Waals surface area contributed by atoms with Crippen molar-refractivity contribution >= 4 is 40.1 Å². The van der Waals surface area contributed by atoms with E-state index in [1.54, 1.807) is 12.2 Å². The van der Waals surface area contributed by atoms with Crippen LogP contribution >= 0.6 is 11.6 Å². The van der Waals surface area contributed by atoms with Gasteiger partial charge in [-0.25, -0.2) is 4.98 Å². The summed E-state index contributed by atoms with van der Waals surface area (Å²) in [5.41, 5.74) is 2.38. The molecule has 30 heavy (non-hydrogen) atoms. The summed E-state index contributed by atoms with van der Waals surface area (Å²) in [5, 5.41) is 10.3. The summed E-state index contributed by atoms with van der Waals surface area (Å²) in [7, 11) is 0. The molecule has 150 valence electrons. The second kappa shape index (κ2) is 7.88. The van der Waals surface area contributed by atoms with Gasteiger partial charge >= 0.3 is 0 Å². The highest BCUT2D eigenvalue weighted by molar-refractivity contribution is 6.31. The van der Waals surface area contributed by atoms with Crippen LogP contribution in [0.5, 0.6) is 0 Å². The lowest BCUT2D eigenvalue weighted by Gasteiger charge is -2.31. The Bertz CT molecular complexity index is 1260. The Balaban J connectivity index is 1.32. The zero-order valence-electron chi connectivity index (χ0n) is 16.3. The van der Waals surface area contributed by atoms with Gasteiger partial charge in [-0.3, -0.25) is 9.20 Å². The Morgan fingerprint density at radius 2 is 2.03 bits per heavy atom. The highest BCUT2D eigenvalue weighted by Gasteiger charge is 2.27. The van der Waals surface area contributed by atoms with E-state index in [4.69, 9.17) is 11.6 Å². The molecule has 1 atom stereocenters. The molecule has 3 aromatic heterocycles. The van der Waals surface area contributed by atoms with Gasteiger partial charge in [-0.05, 0) is 49.2 Å². The monoisotopic (exact) mass is 417 g/mol. The molecule has 0 aliphatic carbocycles. The smallest absolute Gasteiger partial charge is 0.246 e. The van der Waals surface area contributed by atoms with Crippen molar-refractivity contribution in [3.05, 3.63) is 77.3 Å². The standard InChI is InChI=1S/C23H20ClN5O/c24-18-8-6-16-7-9-19(25-20(16)14-18)10-11-22(30)28-12-3-4-17(15-28)23-27-26-21-5-1-2-13-29(21)23/h1-2,5-11,13-14,17H,3-4,12,15H2/b11-10+. The number of nitrogens with zero attached hydrogens (tertiary/aromatic N) is 5. The van der Waals surface area contributed by atoms with E-state index in [0.29, 0.717) is 11.6 Å². The minimum atomic E-state index is -0.0125. The van der Waals surface area contributed by atoms with Gasteiger partial charge in [0.1, 0.15) is 5.82 Å². The minimum absolute atomic E-state index is 0.0125. The van der Waals surface area contributed by atoms with E-state index < -0.39 is 0 Å². The third kappa shape index (κ3) is 3.66. The average Bonchev–Trinajstić information content (AvgIpc) is 3.21. The van der Waals surface area contributed by atoms with Crippen LogP contribution in [0.1, 0.15) is 30.3 Å². The van der Waals surface area contributed by atoms with Gasteiger partial charge in [0.15, 0.2) is 5.65 Å². The molecule has 1 saturated heterocycles. The first-order chi connectivity index (χ1) is 14.7. The Morgan fingerprint density at radius 3 is 2.97 bits per heavy atom. The molecule has 1 aliphatic rings. The number of aromatic nitrogens is 4. The summed E-state index contributed by atoms with van der Waals surface area (Å²) in [6.07, 6.45) is 7.28. The number of carbonyl (C=O) groups excluding carboxylic acids is 1. The van der Waals surface area contributed by atoms with Crippen LogP contribution in [0.15, 0.2) is 60.8 Å². The summed E-state index contributed by atoms with van der Waals surface area (Å²) >= 11 is 6.06. The molecule has 1 aromatic carbocycles. The first kappa shape index (κ1) is 18.8. The summed E-state index contributed by atoms with van der Waals surface area (Å²) in [4.78, 5) is 19.3. The van der Waals surface area contributed by atoms with Gasteiger partial charge in [0.25, 0.3) is 0 Å². The number of fused-ring (bicyclic) bond motifs is 2. The molecule has 0 spiro atoms. The van der Waals surface area contributed by atoms with Gasteiger partial charge in [0, 0.05) is 41.7 Å². The van der Waals surface area contributed by atoms with Crippen molar-refractivity contribution in [2.45, 2.75) is 18.8 Å². The SMILES string of the molecule is O=C(/C=C/c1ccc2ccc(Cl)cc2n1)N1CCCC(c2nnc3ccccn23)C1. The predicted octanol–water partition coefficient (Wildman–Crippen LogP) is 4.35. The van der Waals surface area contributed by atoms with Crippen molar-refractivity contribution in [2.24, 2.45) is 0 Å². The number of piperidine rings is 1. The fraction of sp³-hybridized carbons (Fsp3) is 0.217. The number of amides is 1. The Hall–Kier alpha value is -3.25. The molecular formula is C23H20ClN5O. The number of likely N-dealkylation sites (tertiary alicyclic amines) is 1. The summed E-state index contributed by atoms with van der Waals surface area (Å²) in [6.45, 7) is 1.39.